The Bertz CT molecular complexity index is 632. The maximum absolute atomic E-state index is 5.84. The van der Waals surface area contributed by atoms with Gasteiger partial charge in [0.15, 0.2) is 5.82 Å². The third-order valence-electron chi connectivity index (χ3n) is 4.02. The first-order valence-corrected chi connectivity index (χ1v) is 8.22. The average molecular weight is 312 g/mol. The normalized spacial score (nSPS) is 14.7. The minimum absolute atomic E-state index is 0.648. The summed E-state index contributed by atoms with van der Waals surface area (Å²) in [5, 5.41) is 0. The number of hydrogen-bond donors (Lipinski definition) is 0. The number of anilines is 1. The van der Waals surface area contributed by atoms with E-state index in [0.717, 1.165) is 44.1 Å². The summed E-state index contributed by atoms with van der Waals surface area (Å²) >= 11 is 0. The summed E-state index contributed by atoms with van der Waals surface area (Å²) in [5.41, 5.74) is 2.23. The Hall–Kier alpha value is -2.14. The second-order valence-corrected chi connectivity index (χ2v) is 5.95. The third kappa shape index (κ3) is 3.99. The quantitative estimate of drug-likeness (QED) is 0.849. The summed E-state index contributed by atoms with van der Waals surface area (Å²) in [6.45, 7) is 6.33. The molecule has 0 radical (unpaired) electrons. The minimum Gasteiger partial charge on any atom is -0.475 e. The van der Waals surface area contributed by atoms with Crippen LogP contribution in [0.25, 0.3) is 0 Å². The van der Waals surface area contributed by atoms with Gasteiger partial charge >= 0.3 is 0 Å². The lowest BCUT2D eigenvalue weighted by atomic mass is 10.2. The molecule has 0 spiro atoms. The minimum atomic E-state index is 0.648. The third-order valence-corrected chi connectivity index (χ3v) is 4.02. The molecule has 0 fully saturated rings. The number of nitrogens with zero attached hydrogens (tertiary/aromatic N) is 4. The Labute approximate surface area is 137 Å². The fourth-order valence-electron chi connectivity index (χ4n) is 2.79. The zero-order chi connectivity index (χ0) is 16.1. The molecule has 0 bridgehead atoms. The number of fused-ring (bicyclic) bond motifs is 1. The second kappa shape index (κ2) is 7.42. The molecule has 0 saturated heterocycles. The van der Waals surface area contributed by atoms with Crippen LogP contribution >= 0.6 is 0 Å². The van der Waals surface area contributed by atoms with Crippen molar-refractivity contribution in [2.24, 2.45) is 0 Å². The lowest BCUT2D eigenvalue weighted by Crippen LogP contribution is -2.25. The van der Waals surface area contributed by atoms with Gasteiger partial charge in [-0.25, -0.2) is 0 Å². The molecule has 3 rings (SSSR count). The first-order valence-electron chi connectivity index (χ1n) is 8.22. The predicted molar refractivity (Wildman–Crippen MR) is 91.6 cm³/mol. The van der Waals surface area contributed by atoms with E-state index in [0.29, 0.717) is 12.5 Å². The fraction of sp³-hybridized carbons (Fsp3) is 0.444. The number of rotatable bonds is 5. The molecule has 0 amide bonds. The van der Waals surface area contributed by atoms with Gasteiger partial charge in [0.05, 0.1) is 6.20 Å². The summed E-state index contributed by atoms with van der Waals surface area (Å²) in [7, 11) is 2.04. The van der Waals surface area contributed by atoms with Crippen LogP contribution in [-0.4, -0.2) is 41.6 Å². The van der Waals surface area contributed by atoms with Crippen LogP contribution in [0.5, 0.6) is 5.88 Å². The average Bonchev–Trinajstić information content (AvgIpc) is 2.77. The van der Waals surface area contributed by atoms with Crippen LogP contribution < -0.4 is 9.64 Å². The van der Waals surface area contributed by atoms with Gasteiger partial charge in [-0.1, -0.05) is 37.3 Å². The lowest BCUT2D eigenvalue weighted by molar-refractivity contribution is 0.217. The molecule has 5 nitrogen and oxygen atoms in total. The van der Waals surface area contributed by atoms with E-state index in [1.54, 1.807) is 0 Å². The molecule has 1 aliphatic heterocycles. The maximum atomic E-state index is 5.84. The monoisotopic (exact) mass is 312 g/mol. The highest BCUT2D eigenvalue weighted by atomic mass is 16.5. The maximum Gasteiger partial charge on any atom is 0.239 e. The van der Waals surface area contributed by atoms with Crippen molar-refractivity contribution in [2.75, 3.05) is 31.6 Å². The van der Waals surface area contributed by atoms with Gasteiger partial charge in [0.1, 0.15) is 12.3 Å². The highest BCUT2D eigenvalue weighted by Crippen LogP contribution is 2.22. The SMILES string of the molecule is CCCN(C)c1cnc2c(n1)OCCN(Cc1ccccc1)C2. The Morgan fingerprint density at radius 1 is 1.26 bits per heavy atom. The highest BCUT2D eigenvalue weighted by molar-refractivity contribution is 5.39. The lowest BCUT2D eigenvalue weighted by Gasteiger charge is -2.19. The highest BCUT2D eigenvalue weighted by Gasteiger charge is 2.19. The summed E-state index contributed by atoms with van der Waals surface area (Å²) in [4.78, 5) is 13.7. The molecule has 23 heavy (non-hydrogen) atoms. The van der Waals surface area contributed by atoms with Crippen molar-refractivity contribution < 1.29 is 4.74 Å². The molecule has 122 valence electrons. The standard InChI is InChI=1S/C18H24N4O/c1-3-9-21(2)17-12-19-16-14-22(10-11-23-18(16)20-17)13-15-7-5-4-6-8-15/h4-8,12H,3,9-11,13-14H2,1-2H3. The first-order chi connectivity index (χ1) is 11.3. The van der Waals surface area contributed by atoms with Crippen molar-refractivity contribution in [3.63, 3.8) is 0 Å². The topological polar surface area (TPSA) is 41.5 Å². The number of hydrogen-bond acceptors (Lipinski definition) is 5. The largest absolute Gasteiger partial charge is 0.475 e. The van der Waals surface area contributed by atoms with E-state index in [-0.39, 0.29) is 0 Å². The second-order valence-electron chi connectivity index (χ2n) is 5.95. The van der Waals surface area contributed by atoms with Gasteiger partial charge < -0.3 is 9.64 Å². The Kier molecular flexibility index (Phi) is 5.08. The van der Waals surface area contributed by atoms with Crippen molar-refractivity contribution >= 4 is 5.82 Å². The first kappa shape index (κ1) is 15.7. The van der Waals surface area contributed by atoms with Crippen LogP contribution in [0.2, 0.25) is 0 Å². The van der Waals surface area contributed by atoms with Crippen LogP contribution in [0.4, 0.5) is 5.82 Å². The predicted octanol–water partition coefficient (Wildman–Crippen LogP) is 2.72. The van der Waals surface area contributed by atoms with Crippen LogP contribution in [0.15, 0.2) is 36.5 Å². The zero-order valence-corrected chi connectivity index (χ0v) is 13.9. The summed E-state index contributed by atoms with van der Waals surface area (Å²) in [6, 6.07) is 10.5. The molecule has 0 saturated carbocycles. The Morgan fingerprint density at radius 3 is 2.87 bits per heavy atom. The summed E-state index contributed by atoms with van der Waals surface area (Å²) < 4.78 is 5.84. The van der Waals surface area contributed by atoms with Crippen molar-refractivity contribution in [3.8, 4) is 5.88 Å². The Balaban J connectivity index is 1.73. The number of ether oxygens (including phenoxy) is 1. The van der Waals surface area contributed by atoms with E-state index in [1.807, 2.05) is 19.3 Å². The molecule has 0 unspecified atom stereocenters. The molecule has 5 heteroatoms. The van der Waals surface area contributed by atoms with Gasteiger partial charge in [-0.15, -0.1) is 0 Å². The molecule has 2 aromatic rings. The summed E-state index contributed by atoms with van der Waals surface area (Å²) in [5.74, 6) is 1.56. The molecule has 1 aliphatic rings. The van der Waals surface area contributed by atoms with Gasteiger partial charge in [0, 0.05) is 33.2 Å². The molecule has 0 atom stereocenters. The van der Waals surface area contributed by atoms with Gasteiger partial charge in [-0.2, -0.15) is 4.98 Å². The van der Waals surface area contributed by atoms with E-state index in [9.17, 15) is 0 Å². The van der Waals surface area contributed by atoms with Gasteiger partial charge in [0.2, 0.25) is 5.88 Å². The van der Waals surface area contributed by atoms with E-state index in [1.165, 1.54) is 5.56 Å². The molecular weight excluding hydrogens is 288 g/mol. The summed E-state index contributed by atoms with van der Waals surface area (Å²) in [6.07, 6.45) is 2.94. The molecule has 1 aromatic carbocycles. The zero-order valence-electron chi connectivity index (χ0n) is 13.9. The van der Waals surface area contributed by atoms with E-state index in [4.69, 9.17) is 4.74 Å². The van der Waals surface area contributed by atoms with Crippen molar-refractivity contribution in [2.45, 2.75) is 26.4 Å². The van der Waals surface area contributed by atoms with Gasteiger partial charge in [0.25, 0.3) is 0 Å². The van der Waals surface area contributed by atoms with Gasteiger partial charge in [-0.05, 0) is 12.0 Å². The van der Waals surface area contributed by atoms with Crippen LogP contribution in [0.1, 0.15) is 24.6 Å². The van der Waals surface area contributed by atoms with Crippen LogP contribution in [0, 0.1) is 0 Å². The fourth-order valence-corrected chi connectivity index (χ4v) is 2.79. The number of aromatic nitrogens is 2. The molecule has 1 aromatic heterocycles. The van der Waals surface area contributed by atoms with E-state index < -0.39 is 0 Å². The molecule has 2 heterocycles. The smallest absolute Gasteiger partial charge is 0.239 e. The van der Waals surface area contributed by atoms with E-state index in [2.05, 4.69) is 51.0 Å². The number of benzene rings is 1. The van der Waals surface area contributed by atoms with Crippen LogP contribution in [-0.2, 0) is 13.1 Å². The van der Waals surface area contributed by atoms with Crippen LogP contribution in [0.3, 0.4) is 0 Å². The van der Waals surface area contributed by atoms with Crippen molar-refractivity contribution in [1.29, 1.82) is 0 Å². The molecular formula is C18H24N4O. The van der Waals surface area contributed by atoms with Gasteiger partial charge in [-0.3, -0.25) is 9.88 Å². The molecule has 0 aliphatic carbocycles. The van der Waals surface area contributed by atoms with Crippen molar-refractivity contribution in [3.05, 3.63) is 47.8 Å². The van der Waals surface area contributed by atoms with E-state index >= 15 is 0 Å². The molecule has 0 N–H and O–H groups in total. The van der Waals surface area contributed by atoms with Crippen molar-refractivity contribution in [1.82, 2.24) is 14.9 Å². The Morgan fingerprint density at radius 2 is 2.09 bits per heavy atom.